The van der Waals surface area contributed by atoms with Crippen LogP contribution in [0, 0.1) is 5.92 Å². The SMILES string of the molecule is C=C(C)/C=C(\C=C(C)C)c1cc(C2=CCC(C)C=C2)nc(-c2ccccc2)n1.CC. The van der Waals surface area contributed by atoms with Gasteiger partial charge < -0.3 is 0 Å². The van der Waals surface area contributed by atoms with Crippen LogP contribution in [0.3, 0.4) is 0 Å². The van der Waals surface area contributed by atoms with Crippen molar-refractivity contribution in [3.8, 4) is 11.4 Å². The van der Waals surface area contributed by atoms with Crippen LogP contribution >= 0.6 is 0 Å². The predicted molar refractivity (Wildman–Crippen MR) is 132 cm³/mol. The Hall–Kier alpha value is -3.00. The second-order valence-corrected chi connectivity index (χ2v) is 7.73. The number of hydrogen-bond acceptors (Lipinski definition) is 2. The largest absolute Gasteiger partial charge is 0.228 e. The average molecular weight is 399 g/mol. The summed E-state index contributed by atoms with van der Waals surface area (Å²) in [6, 6.07) is 12.3. The zero-order valence-electron chi connectivity index (χ0n) is 19.2. The van der Waals surface area contributed by atoms with E-state index in [0.29, 0.717) is 5.92 Å². The molecule has 1 unspecified atom stereocenters. The molecule has 0 fully saturated rings. The third kappa shape index (κ3) is 6.52. The van der Waals surface area contributed by atoms with E-state index in [1.807, 2.05) is 39.0 Å². The van der Waals surface area contributed by atoms with Crippen LogP contribution in [0.25, 0.3) is 22.5 Å². The lowest BCUT2D eigenvalue weighted by molar-refractivity contribution is 0.738. The van der Waals surface area contributed by atoms with Crippen molar-refractivity contribution in [3.05, 3.63) is 95.9 Å². The fourth-order valence-corrected chi connectivity index (χ4v) is 3.14. The molecule has 1 aliphatic rings. The van der Waals surface area contributed by atoms with E-state index in [4.69, 9.17) is 9.97 Å². The van der Waals surface area contributed by atoms with Crippen LogP contribution in [-0.4, -0.2) is 9.97 Å². The topological polar surface area (TPSA) is 25.8 Å². The molecule has 2 heteroatoms. The number of rotatable bonds is 5. The maximum Gasteiger partial charge on any atom is 0.160 e. The van der Waals surface area contributed by atoms with E-state index in [1.54, 1.807) is 0 Å². The number of hydrogen-bond donors (Lipinski definition) is 0. The van der Waals surface area contributed by atoms with Gasteiger partial charge in [0, 0.05) is 11.1 Å². The molecule has 0 spiro atoms. The van der Waals surface area contributed by atoms with Crippen molar-refractivity contribution in [2.75, 3.05) is 0 Å². The first-order valence-corrected chi connectivity index (χ1v) is 10.8. The Morgan fingerprint density at radius 2 is 1.73 bits per heavy atom. The van der Waals surface area contributed by atoms with Crippen molar-refractivity contribution in [1.29, 1.82) is 0 Å². The Morgan fingerprint density at radius 3 is 2.30 bits per heavy atom. The quantitative estimate of drug-likeness (QED) is 0.476. The van der Waals surface area contributed by atoms with Crippen molar-refractivity contribution in [2.24, 2.45) is 5.92 Å². The zero-order chi connectivity index (χ0) is 22.1. The highest BCUT2D eigenvalue weighted by atomic mass is 14.9. The fourth-order valence-electron chi connectivity index (χ4n) is 3.14. The molecule has 0 radical (unpaired) electrons. The highest BCUT2D eigenvalue weighted by molar-refractivity contribution is 5.80. The number of allylic oxidation sites excluding steroid dienone is 9. The van der Waals surface area contributed by atoms with Gasteiger partial charge in [-0.1, -0.05) is 99.2 Å². The minimum absolute atomic E-state index is 0.572. The molecule has 0 aliphatic heterocycles. The van der Waals surface area contributed by atoms with Crippen LogP contribution < -0.4 is 0 Å². The van der Waals surface area contributed by atoms with Gasteiger partial charge >= 0.3 is 0 Å². The minimum Gasteiger partial charge on any atom is -0.228 e. The maximum atomic E-state index is 4.90. The molecular formula is C28H34N2. The third-order valence-corrected chi connectivity index (χ3v) is 4.51. The van der Waals surface area contributed by atoms with Crippen LogP contribution in [-0.2, 0) is 0 Å². The minimum atomic E-state index is 0.572. The summed E-state index contributed by atoms with van der Waals surface area (Å²) in [5.74, 6) is 1.32. The second kappa shape index (κ2) is 11.3. The summed E-state index contributed by atoms with van der Waals surface area (Å²) in [5, 5.41) is 0. The number of aromatic nitrogens is 2. The summed E-state index contributed by atoms with van der Waals surface area (Å²) < 4.78 is 0. The van der Waals surface area contributed by atoms with Crippen LogP contribution in [0.4, 0.5) is 0 Å². The van der Waals surface area contributed by atoms with Gasteiger partial charge in [-0.3, -0.25) is 0 Å². The molecular weight excluding hydrogens is 364 g/mol. The van der Waals surface area contributed by atoms with Crippen molar-refractivity contribution in [2.45, 2.75) is 48.0 Å². The standard InChI is InChI=1S/C26H28N2.C2H6/c1-18(2)15-23(16-19(3)4)25-17-24(21-13-11-20(5)12-14-21)27-26(28-25)22-9-7-6-8-10-22;1-2/h6-11,13-17,20H,1,12H2,2-5H3;1-2H3/b23-15+;. The molecule has 0 saturated carbocycles. The van der Waals surface area contributed by atoms with E-state index >= 15 is 0 Å². The van der Waals surface area contributed by atoms with Crippen molar-refractivity contribution in [3.63, 3.8) is 0 Å². The summed E-state index contributed by atoms with van der Waals surface area (Å²) in [4.78, 5) is 9.80. The van der Waals surface area contributed by atoms with Gasteiger partial charge in [-0.05, 0) is 44.7 Å². The lowest BCUT2D eigenvalue weighted by atomic mass is 9.95. The molecule has 2 nitrogen and oxygen atoms in total. The Labute approximate surface area is 182 Å². The highest BCUT2D eigenvalue weighted by Gasteiger charge is 2.13. The summed E-state index contributed by atoms with van der Waals surface area (Å²) >= 11 is 0. The smallest absolute Gasteiger partial charge is 0.160 e. The van der Waals surface area contributed by atoms with Gasteiger partial charge in [0.2, 0.25) is 0 Å². The van der Waals surface area contributed by atoms with E-state index < -0.39 is 0 Å². The second-order valence-electron chi connectivity index (χ2n) is 7.73. The molecule has 2 aromatic rings. The zero-order valence-corrected chi connectivity index (χ0v) is 19.2. The van der Waals surface area contributed by atoms with Crippen molar-refractivity contribution < 1.29 is 0 Å². The van der Waals surface area contributed by atoms with E-state index in [2.05, 4.69) is 75.9 Å². The van der Waals surface area contributed by atoms with Crippen molar-refractivity contribution in [1.82, 2.24) is 9.97 Å². The normalized spacial score (nSPS) is 15.6. The van der Waals surface area contributed by atoms with Crippen LogP contribution in [0.5, 0.6) is 0 Å². The van der Waals surface area contributed by atoms with Gasteiger partial charge in [0.15, 0.2) is 5.82 Å². The summed E-state index contributed by atoms with van der Waals surface area (Å²) in [7, 11) is 0. The number of benzene rings is 1. The molecule has 0 N–H and O–H groups in total. The summed E-state index contributed by atoms with van der Waals surface area (Å²) in [6.45, 7) is 16.5. The van der Waals surface area contributed by atoms with E-state index in [0.717, 1.165) is 45.9 Å². The molecule has 30 heavy (non-hydrogen) atoms. The van der Waals surface area contributed by atoms with Gasteiger partial charge in [0.1, 0.15) is 0 Å². The summed E-state index contributed by atoms with van der Waals surface area (Å²) in [5.41, 5.74) is 7.33. The van der Waals surface area contributed by atoms with Gasteiger partial charge in [0.25, 0.3) is 0 Å². The first kappa shape index (κ1) is 23.3. The Balaban J connectivity index is 0.00000155. The maximum absolute atomic E-state index is 4.90. The Kier molecular flexibility index (Phi) is 8.73. The van der Waals surface area contributed by atoms with Gasteiger partial charge in [0.05, 0.1) is 11.4 Å². The molecule has 3 rings (SSSR count). The number of nitrogens with zero attached hydrogens (tertiary/aromatic N) is 2. The molecule has 1 atom stereocenters. The van der Waals surface area contributed by atoms with Crippen LogP contribution in [0.1, 0.15) is 59.4 Å². The van der Waals surface area contributed by atoms with Gasteiger partial charge in [-0.15, -0.1) is 0 Å². The van der Waals surface area contributed by atoms with E-state index in [9.17, 15) is 0 Å². The predicted octanol–water partition coefficient (Wildman–Crippen LogP) is 8.07. The first-order valence-electron chi connectivity index (χ1n) is 10.8. The van der Waals surface area contributed by atoms with E-state index in [1.165, 1.54) is 5.57 Å². The molecule has 0 saturated heterocycles. The lowest BCUT2D eigenvalue weighted by Gasteiger charge is -2.14. The molecule has 1 aliphatic carbocycles. The van der Waals surface area contributed by atoms with Crippen LogP contribution in [0.2, 0.25) is 0 Å². The third-order valence-electron chi connectivity index (χ3n) is 4.51. The molecule has 0 amide bonds. The van der Waals surface area contributed by atoms with Gasteiger partial charge in [-0.2, -0.15) is 0 Å². The molecule has 1 aromatic carbocycles. The fraction of sp³-hybridized carbons (Fsp3) is 0.286. The Morgan fingerprint density at radius 1 is 1.03 bits per heavy atom. The Bertz CT molecular complexity index is 985. The molecule has 156 valence electrons. The summed E-state index contributed by atoms with van der Waals surface area (Å²) in [6.07, 6.45) is 12.0. The monoisotopic (exact) mass is 398 g/mol. The molecule has 0 bridgehead atoms. The van der Waals surface area contributed by atoms with Crippen LogP contribution in [0.15, 0.2) is 84.5 Å². The highest BCUT2D eigenvalue weighted by Crippen LogP contribution is 2.28. The lowest BCUT2D eigenvalue weighted by Crippen LogP contribution is -2.02. The van der Waals surface area contributed by atoms with Gasteiger partial charge in [-0.25, -0.2) is 9.97 Å². The van der Waals surface area contributed by atoms with E-state index in [-0.39, 0.29) is 0 Å². The molecule has 1 aromatic heterocycles. The van der Waals surface area contributed by atoms with Crippen molar-refractivity contribution >= 4 is 11.1 Å². The first-order chi connectivity index (χ1) is 14.4. The average Bonchev–Trinajstić information content (AvgIpc) is 2.75. The molecule has 1 heterocycles.